The normalized spacial score (nSPS) is 12.2. The first kappa shape index (κ1) is 15.4. The van der Waals surface area contributed by atoms with Crippen LogP contribution in [-0.2, 0) is 0 Å². The van der Waals surface area contributed by atoms with Gasteiger partial charge in [-0.25, -0.2) is 8.78 Å². The molecule has 2 nitrogen and oxygen atoms in total. The van der Waals surface area contributed by atoms with E-state index >= 15 is 0 Å². The molecule has 2 aromatic carbocycles. The summed E-state index contributed by atoms with van der Waals surface area (Å²) in [4.78, 5) is 0. The Bertz CT molecular complexity index is 601. The van der Waals surface area contributed by atoms with Crippen molar-refractivity contribution in [2.24, 2.45) is 0 Å². The average molecular weight is 291 g/mol. The van der Waals surface area contributed by atoms with Gasteiger partial charge in [0.15, 0.2) is 11.6 Å². The molecule has 0 saturated carbocycles. The highest BCUT2D eigenvalue weighted by molar-refractivity contribution is 5.30. The first-order valence-corrected chi connectivity index (χ1v) is 6.98. The maximum atomic E-state index is 13.6. The molecule has 0 aliphatic rings. The van der Waals surface area contributed by atoms with Crippen LogP contribution in [0.3, 0.4) is 0 Å². The summed E-state index contributed by atoms with van der Waals surface area (Å²) in [7, 11) is 0. The Morgan fingerprint density at radius 1 is 1.14 bits per heavy atom. The van der Waals surface area contributed by atoms with Crippen molar-refractivity contribution in [2.45, 2.75) is 19.9 Å². The third-order valence-electron chi connectivity index (χ3n) is 3.31. The van der Waals surface area contributed by atoms with E-state index in [1.54, 1.807) is 0 Å². The minimum atomic E-state index is -0.559. The lowest BCUT2D eigenvalue weighted by Crippen LogP contribution is -2.27. The molecule has 2 rings (SSSR count). The second kappa shape index (κ2) is 7.18. The summed E-state index contributed by atoms with van der Waals surface area (Å²) in [5.41, 5.74) is 2.22. The second-order valence-corrected chi connectivity index (χ2v) is 4.85. The lowest BCUT2D eigenvalue weighted by atomic mass is 10.0. The highest BCUT2D eigenvalue weighted by atomic mass is 19.1. The lowest BCUT2D eigenvalue weighted by Gasteiger charge is -2.21. The van der Waals surface area contributed by atoms with Gasteiger partial charge in [0.25, 0.3) is 0 Å². The summed E-state index contributed by atoms with van der Waals surface area (Å²) in [6.45, 7) is 5.00. The molecule has 2 aromatic rings. The topological polar surface area (TPSA) is 21.3 Å². The number of aryl methyl sites for hydroxylation is 1. The highest BCUT2D eigenvalue weighted by Gasteiger charge is 2.14. The van der Waals surface area contributed by atoms with Crippen molar-refractivity contribution in [1.82, 2.24) is 5.32 Å². The van der Waals surface area contributed by atoms with Crippen molar-refractivity contribution in [3.63, 3.8) is 0 Å². The molecular weight excluding hydrogens is 272 g/mol. The van der Waals surface area contributed by atoms with E-state index in [4.69, 9.17) is 4.74 Å². The highest BCUT2D eigenvalue weighted by Crippen LogP contribution is 2.22. The molecule has 1 N–H and O–H groups in total. The van der Waals surface area contributed by atoms with Crippen LogP contribution in [0.15, 0.2) is 42.5 Å². The van der Waals surface area contributed by atoms with Crippen molar-refractivity contribution in [1.29, 1.82) is 0 Å². The van der Waals surface area contributed by atoms with Crippen LogP contribution in [-0.4, -0.2) is 13.2 Å². The van der Waals surface area contributed by atoms with Crippen molar-refractivity contribution in [2.75, 3.05) is 13.2 Å². The quantitative estimate of drug-likeness (QED) is 0.868. The molecule has 0 amide bonds. The van der Waals surface area contributed by atoms with Crippen molar-refractivity contribution < 1.29 is 13.5 Å². The van der Waals surface area contributed by atoms with Crippen LogP contribution in [0.4, 0.5) is 8.78 Å². The number of halogens is 2. The van der Waals surface area contributed by atoms with Crippen LogP contribution in [0.1, 0.15) is 24.1 Å². The van der Waals surface area contributed by atoms with Crippen LogP contribution < -0.4 is 10.1 Å². The Morgan fingerprint density at radius 3 is 2.62 bits per heavy atom. The minimum absolute atomic E-state index is 0.0634. The predicted molar refractivity (Wildman–Crippen MR) is 79.4 cm³/mol. The Labute approximate surface area is 123 Å². The molecule has 4 heteroatoms. The summed E-state index contributed by atoms with van der Waals surface area (Å²) in [6, 6.07) is 11.1. The van der Waals surface area contributed by atoms with E-state index in [0.717, 1.165) is 35.9 Å². The van der Waals surface area contributed by atoms with Gasteiger partial charge >= 0.3 is 0 Å². The van der Waals surface area contributed by atoms with Crippen LogP contribution >= 0.6 is 0 Å². The number of ether oxygens (including phenoxy) is 1. The molecule has 0 saturated heterocycles. The smallest absolute Gasteiger partial charge is 0.165 e. The van der Waals surface area contributed by atoms with Gasteiger partial charge in [-0.05, 0) is 36.7 Å². The SMILES string of the molecule is CCNC(COc1cc(F)ccc1F)c1ccccc1C. The van der Waals surface area contributed by atoms with E-state index in [1.807, 2.05) is 38.1 Å². The summed E-state index contributed by atoms with van der Waals surface area (Å²) < 4.78 is 32.2. The Balaban J connectivity index is 2.14. The van der Waals surface area contributed by atoms with Gasteiger partial charge in [-0.1, -0.05) is 31.2 Å². The van der Waals surface area contributed by atoms with E-state index in [2.05, 4.69) is 5.32 Å². The zero-order valence-corrected chi connectivity index (χ0v) is 12.2. The predicted octanol–water partition coefficient (Wildman–Crippen LogP) is 4.00. The molecule has 0 aromatic heterocycles. The monoisotopic (exact) mass is 291 g/mol. The number of hydrogen-bond acceptors (Lipinski definition) is 2. The fourth-order valence-corrected chi connectivity index (χ4v) is 2.24. The average Bonchev–Trinajstić information content (AvgIpc) is 2.47. The summed E-state index contributed by atoms with van der Waals surface area (Å²) in [6.07, 6.45) is 0. The third kappa shape index (κ3) is 4.02. The van der Waals surface area contributed by atoms with Gasteiger partial charge in [-0.3, -0.25) is 0 Å². The molecule has 0 fully saturated rings. The maximum Gasteiger partial charge on any atom is 0.165 e. The molecule has 112 valence electrons. The van der Waals surface area contributed by atoms with Gasteiger partial charge in [-0.2, -0.15) is 0 Å². The van der Waals surface area contributed by atoms with Crippen molar-refractivity contribution in [3.05, 3.63) is 65.2 Å². The van der Waals surface area contributed by atoms with Crippen LogP contribution in [0.25, 0.3) is 0 Å². The van der Waals surface area contributed by atoms with Gasteiger partial charge in [0.05, 0.1) is 6.04 Å². The molecule has 0 heterocycles. The fourth-order valence-electron chi connectivity index (χ4n) is 2.24. The van der Waals surface area contributed by atoms with E-state index in [1.165, 1.54) is 0 Å². The Hall–Kier alpha value is -1.94. The number of benzene rings is 2. The zero-order valence-electron chi connectivity index (χ0n) is 12.2. The van der Waals surface area contributed by atoms with E-state index in [0.29, 0.717) is 0 Å². The first-order chi connectivity index (χ1) is 10.1. The fraction of sp³-hybridized carbons (Fsp3) is 0.294. The van der Waals surface area contributed by atoms with Crippen LogP contribution in [0.2, 0.25) is 0 Å². The van der Waals surface area contributed by atoms with Crippen LogP contribution in [0.5, 0.6) is 5.75 Å². The Morgan fingerprint density at radius 2 is 1.90 bits per heavy atom. The molecule has 21 heavy (non-hydrogen) atoms. The van der Waals surface area contributed by atoms with Crippen LogP contribution in [0, 0.1) is 18.6 Å². The Kier molecular flexibility index (Phi) is 5.28. The van der Waals surface area contributed by atoms with Crippen molar-refractivity contribution >= 4 is 0 Å². The third-order valence-corrected chi connectivity index (χ3v) is 3.31. The molecule has 0 spiro atoms. The van der Waals surface area contributed by atoms with Gasteiger partial charge in [0, 0.05) is 6.07 Å². The maximum absolute atomic E-state index is 13.6. The number of likely N-dealkylation sites (N-methyl/N-ethyl adjacent to an activating group) is 1. The number of nitrogens with one attached hydrogen (secondary N) is 1. The summed E-state index contributed by atoms with van der Waals surface area (Å²) in [5, 5.41) is 3.30. The lowest BCUT2D eigenvalue weighted by molar-refractivity contribution is 0.255. The van der Waals surface area contributed by atoms with E-state index in [9.17, 15) is 8.78 Å². The van der Waals surface area contributed by atoms with Gasteiger partial charge in [0.1, 0.15) is 12.4 Å². The number of rotatable bonds is 6. The standard InChI is InChI=1S/C17H19F2NO/c1-3-20-16(14-7-5-4-6-12(14)2)11-21-17-10-13(18)8-9-15(17)19/h4-10,16,20H,3,11H2,1-2H3. The van der Waals surface area contributed by atoms with E-state index in [-0.39, 0.29) is 18.4 Å². The minimum Gasteiger partial charge on any atom is -0.488 e. The van der Waals surface area contributed by atoms with Gasteiger partial charge < -0.3 is 10.1 Å². The molecule has 1 atom stereocenters. The molecular formula is C17H19F2NO. The van der Waals surface area contributed by atoms with Gasteiger partial charge in [-0.15, -0.1) is 0 Å². The molecule has 1 unspecified atom stereocenters. The van der Waals surface area contributed by atoms with Gasteiger partial charge in [0.2, 0.25) is 0 Å². The first-order valence-electron chi connectivity index (χ1n) is 6.98. The zero-order chi connectivity index (χ0) is 15.2. The number of hydrogen-bond donors (Lipinski definition) is 1. The summed E-state index contributed by atoms with van der Waals surface area (Å²) >= 11 is 0. The molecule has 0 radical (unpaired) electrons. The summed E-state index contributed by atoms with van der Waals surface area (Å²) in [5.74, 6) is -1.13. The van der Waals surface area contributed by atoms with Crippen molar-refractivity contribution in [3.8, 4) is 5.75 Å². The second-order valence-electron chi connectivity index (χ2n) is 4.85. The molecule has 0 aliphatic carbocycles. The molecule has 0 aliphatic heterocycles. The largest absolute Gasteiger partial charge is 0.488 e. The van der Waals surface area contributed by atoms with E-state index < -0.39 is 11.6 Å². The molecule has 0 bridgehead atoms.